The third-order valence-electron chi connectivity index (χ3n) is 2.40. The molecule has 0 saturated heterocycles. The Labute approximate surface area is 111 Å². The van der Waals surface area contributed by atoms with Gasteiger partial charge in [0.1, 0.15) is 0 Å². The van der Waals surface area contributed by atoms with Crippen LogP contribution in [-0.2, 0) is 15.8 Å². The maximum absolute atomic E-state index is 11.1. The average Bonchev–Trinajstić information content (AvgIpc) is 2.37. The molecule has 0 atom stereocenters. The fourth-order valence-electron chi connectivity index (χ4n) is 1.47. The van der Waals surface area contributed by atoms with Crippen LogP contribution in [0, 0.1) is 0 Å². The number of sulfonamides is 1. The largest absolute Gasteiger partial charge is 0.238 e. The minimum atomic E-state index is -3.60. The van der Waals surface area contributed by atoms with Gasteiger partial charge in [-0.15, -0.1) is 11.8 Å². The van der Waals surface area contributed by atoms with Gasteiger partial charge in [-0.2, -0.15) is 0 Å². The van der Waals surface area contributed by atoms with Crippen LogP contribution in [0.1, 0.15) is 5.56 Å². The van der Waals surface area contributed by atoms with Crippen molar-refractivity contribution in [1.29, 1.82) is 0 Å². The number of primary sulfonamides is 1. The lowest BCUT2D eigenvalue weighted by atomic mass is 10.2. The zero-order valence-electron chi connectivity index (χ0n) is 9.61. The van der Waals surface area contributed by atoms with Crippen molar-refractivity contribution >= 4 is 21.8 Å². The van der Waals surface area contributed by atoms with Gasteiger partial charge in [0, 0.05) is 10.6 Å². The molecule has 0 bridgehead atoms. The molecule has 18 heavy (non-hydrogen) atoms. The van der Waals surface area contributed by atoms with Crippen LogP contribution in [0.15, 0.2) is 64.4 Å². The number of hydrogen-bond donors (Lipinski definition) is 1. The highest BCUT2D eigenvalue weighted by Gasteiger charge is 2.06. The summed E-state index contributed by atoms with van der Waals surface area (Å²) in [5.74, 6) is 0.857. The Balaban J connectivity index is 2.03. The van der Waals surface area contributed by atoms with Crippen LogP contribution in [0.3, 0.4) is 0 Å². The highest BCUT2D eigenvalue weighted by atomic mass is 32.2. The van der Waals surface area contributed by atoms with E-state index < -0.39 is 10.0 Å². The maximum atomic E-state index is 11.1. The lowest BCUT2D eigenvalue weighted by Gasteiger charge is -2.03. The highest BCUT2D eigenvalue weighted by molar-refractivity contribution is 7.98. The molecular weight excluding hydrogens is 266 g/mol. The van der Waals surface area contributed by atoms with Gasteiger partial charge >= 0.3 is 0 Å². The van der Waals surface area contributed by atoms with E-state index in [2.05, 4.69) is 12.1 Å². The molecule has 2 N–H and O–H groups in total. The van der Waals surface area contributed by atoms with E-state index in [1.54, 1.807) is 23.9 Å². The van der Waals surface area contributed by atoms with E-state index in [4.69, 9.17) is 5.14 Å². The van der Waals surface area contributed by atoms with Gasteiger partial charge in [-0.1, -0.05) is 30.3 Å². The Kier molecular flexibility index (Phi) is 4.06. The number of nitrogens with two attached hydrogens (primary N) is 1. The molecule has 2 rings (SSSR count). The van der Waals surface area contributed by atoms with Crippen LogP contribution in [-0.4, -0.2) is 8.42 Å². The molecule has 2 aromatic rings. The minimum absolute atomic E-state index is 0.145. The Morgan fingerprint density at radius 3 is 2.11 bits per heavy atom. The van der Waals surface area contributed by atoms with E-state index in [1.165, 1.54) is 17.7 Å². The van der Waals surface area contributed by atoms with E-state index in [9.17, 15) is 8.42 Å². The molecule has 0 aromatic heterocycles. The highest BCUT2D eigenvalue weighted by Crippen LogP contribution is 2.23. The topological polar surface area (TPSA) is 60.2 Å². The van der Waals surface area contributed by atoms with Gasteiger partial charge in [0.2, 0.25) is 10.0 Å². The fourth-order valence-corrected chi connectivity index (χ4v) is 2.84. The third-order valence-corrected chi connectivity index (χ3v) is 4.41. The van der Waals surface area contributed by atoms with Crippen LogP contribution in [0.25, 0.3) is 0 Å². The molecule has 0 spiro atoms. The molecule has 0 heterocycles. The SMILES string of the molecule is NS(=O)(=O)c1ccc(SCc2ccccc2)cc1. The summed E-state index contributed by atoms with van der Waals surface area (Å²) in [4.78, 5) is 1.16. The molecule has 0 fully saturated rings. The van der Waals surface area contributed by atoms with Crippen molar-refractivity contribution in [2.45, 2.75) is 15.5 Å². The van der Waals surface area contributed by atoms with Crippen molar-refractivity contribution < 1.29 is 8.42 Å². The van der Waals surface area contributed by atoms with Crippen LogP contribution >= 0.6 is 11.8 Å². The summed E-state index contributed by atoms with van der Waals surface area (Å²) < 4.78 is 22.2. The molecule has 0 aliphatic rings. The summed E-state index contributed by atoms with van der Waals surface area (Å²) in [5, 5.41) is 5.04. The molecule has 0 unspecified atom stereocenters. The smallest absolute Gasteiger partial charge is 0.225 e. The average molecular weight is 279 g/mol. The first-order valence-corrected chi connectivity index (χ1v) is 7.88. The van der Waals surface area contributed by atoms with Gasteiger partial charge in [0.15, 0.2) is 0 Å². The van der Waals surface area contributed by atoms with Gasteiger partial charge in [-0.3, -0.25) is 0 Å². The molecule has 5 heteroatoms. The summed E-state index contributed by atoms with van der Waals surface area (Å²) in [7, 11) is -3.60. The van der Waals surface area contributed by atoms with E-state index >= 15 is 0 Å². The van der Waals surface area contributed by atoms with Crippen molar-refractivity contribution in [2.75, 3.05) is 0 Å². The Morgan fingerprint density at radius 2 is 1.56 bits per heavy atom. The van der Waals surface area contributed by atoms with Crippen LogP contribution in [0.5, 0.6) is 0 Å². The molecule has 0 radical (unpaired) electrons. The zero-order valence-corrected chi connectivity index (χ0v) is 11.2. The lowest BCUT2D eigenvalue weighted by Crippen LogP contribution is -2.11. The Morgan fingerprint density at radius 1 is 0.944 bits per heavy atom. The van der Waals surface area contributed by atoms with Gasteiger partial charge in [0.05, 0.1) is 4.90 Å². The van der Waals surface area contributed by atoms with Gasteiger partial charge in [-0.05, 0) is 29.8 Å². The predicted octanol–water partition coefficient (Wildman–Crippen LogP) is 2.63. The molecule has 2 aromatic carbocycles. The monoisotopic (exact) mass is 279 g/mol. The number of rotatable bonds is 4. The first kappa shape index (κ1) is 13.1. The van der Waals surface area contributed by atoms with Crippen LogP contribution in [0.4, 0.5) is 0 Å². The second-order valence-corrected chi connectivity index (χ2v) is 6.40. The molecular formula is C13H13NO2S2. The standard InChI is InChI=1S/C13H13NO2S2/c14-18(15,16)13-8-6-12(7-9-13)17-10-11-4-2-1-3-5-11/h1-9H,10H2,(H2,14,15,16). The van der Waals surface area contributed by atoms with Crippen LogP contribution < -0.4 is 5.14 Å². The van der Waals surface area contributed by atoms with Crippen molar-refractivity contribution in [3.05, 3.63) is 60.2 Å². The first-order valence-electron chi connectivity index (χ1n) is 5.35. The third kappa shape index (κ3) is 3.60. The summed E-state index contributed by atoms with van der Waals surface area (Å²) >= 11 is 1.66. The quantitative estimate of drug-likeness (QED) is 0.875. The van der Waals surface area contributed by atoms with Crippen molar-refractivity contribution in [3.63, 3.8) is 0 Å². The second-order valence-electron chi connectivity index (χ2n) is 3.79. The molecule has 0 amide bonds. The number of hydrogen-bond acceptors (Lipinski definition) is 3. The van der Waals surface area contributed by atoms with Crippen LogP contribution in [0.2, 0.25) is 0 Å². The molecule has 0 saturated carbocycles. The predicted molar refractivity (Wildman–Crippen MR) is 73.8 cm³/mol. The first-order chi connectivity index (χ1) is 8.55. The summed E-state index contributed by atoms with van der Waals surface area (Å²) in [6.45, 7) is 0. The van der Waals surface area contributed by atoms with Crippen molar-refractivity contribution in [2.24, 2.45) is 5.14 Å². The molecule has 0 aliphatic carbocycles. The number of thioether (sulfide) groups is 1. The second kappa shape index (κ2) is 5.56. The zero-order chi connectivity index (χ0) is 13.0. The normalized spacial score (nSPS) is 11.4. The van der Waals surface area contributed by atoms with E-state index in [0.29, 0.717) is 0 Å². The van der Waals surface area contributed by atoms with Crippen molar-refractivity contribution in [3.8, 4) is 0 Å². The summed E-state index contributed by atoms with van der Waals surface area (Å²) in [6.07, 6.45) is 0. The van der Waals surface area contributed by atoms with Gasteiger partial charge in [0.25, 0.3) is 0 Å². The van der Waals surface area contributed by atoms with E-state index in [-0.39, 0.29) is 4.90 Å². The summed E-state index contributed by atoms with van der Waals surface area (Å²) in [5.41, 5.74) is 1.23. The lowest BCUT2D eigenvalue weighted by molar-refractivity contribution is 0.597. The molecule has 0 aliphatic heterocycles. The number of benzene rings is 2. The Bertz CT molecular complexity index is 607. The maximum Gasteiger partial charge on any atom is 0.238 e. The fraction of sp³-hybridized carbons (Fsp3) is 0.0769. The molecule has 94 valence electrons. The summed E-state index contributed by atoms with van der Waals surface area (Å²) in [6, 6.07) is 16.7. The van der Waals surface area contributed by atoms with Gasteiger partial charge in [-0.25, -0.2) is 13.6 Å². The Hall–Kier alpha value is -1.30. The van der Waals surface area contributed by atoms with Gasteiger partial charge < -0.3 is 0 Å². The minimum Gasteiger partial charge on any atom is -0.225 e. The van der Waals surface area contributed by atoms with E-state index in [1.807, 2.05) is 18.2 Å². The molecule has 3 nitrogen and oxygen atoms in total. The van der Waals surface area contributed by atoms with E-state index in [0.717, 1.165) is 10.6 Å². The van der Waals surface area contributed by atoms with Crippen molar-refractivity contribution in [1.82, 2.24) is 0 Å².